The van der Waals surface area contributed by atoms with Gasteiger partial charge in [-0.2, -0.15) is 0 Å². The van der Waals surface area contributed by atoms with E-state index >= 15 is 0 Å². The van der Waals surface area contributed by atoms with Crippen LogP contribution in [0.15, 0.2) is 48.5 Å². The van der Waals surface area contributed by atoms with Crippen LogP contribution in [0.1, 0.15) is 30.1 Å². The Morgan fingerprint density at radius 1 is 1.12 bits per heavy atom. The van der Waals surface area contributed by atoms with Crippen molar-refractivity contribution < 1.29 is 19.3 Å². The lowest BCUT2D eigenvalue weighted by Crippen LogP contribution is -2.44. The Morgan fingerprint density at radius 3 is 2.40 bits per heavy atom. The number of likely N-dealkylation sites (tertiary alicyclic amines) is 1. The van der Waals surface area contributed by atoms with Gasteiger partial charge in [0.05, 0.1) is 18.8 Å². The summed E-state index contributed by atoms with van der Waals surface area (Å²) in [6.45, 7) is 1.81. The molecular weight excluding hydrogens is 321 g/mol. The van der Waals surface area contributed by atoms with Gasteiger partial charge in [0.2, 0.25) is 0 Å². The molecule has 0 aliphatic carbocycles. The van der Waals surface area contributed by atoms with Crippen molar-refractivity contribution in [1.29, 1.82) is 0 Å². The van der Waals surface area contributed by atoms with Crippen molar-refractivity contribution in [2.75, 3.05) is 26.7 Å². The molecule has 0 bridgehead atoms. The molecule has 4 nitrogen and oxygen atoms in total. The van der Waals surface area contributed by atoms with Gasteiger partial charge >= 0.3 is 0 Å². The van der Waals surface area contributed by atoms with Gasteiger partial charge in [0.15, 0.2) is 0 Å². The summed E-state index contributed by atoms with van der Waals surface area (Å²) in [5.74, 6) is 0.389. The fourth-order valence-electron chi connectivity index (χ4n) is 3.44. The van der Waals surface area contributed by atoms with E-state index in [1.54, 1.807) is 19.2 Å². The van der Waals surface area contributed by atoms with E-state index in [-0.39, 0.29) is 5.82 Å². The predicted octanol–water partition coefficient (Wildman–Crippen LogP) is 2.85. The number of piperidine rings is 1. The van der Waals surface area contributed by atoms with Crippen LogP contribution in [0.3, 0.4) is 0 Å². The molecule has 134 valence electrons. The van der Waals surface area contributed by atoms with E-state index in [4.69, 9.17) is 4.74 Å². The second-order valence-corrected chi connectivity index (χ2v) is 6.60. The summed E-state index contributed by atoms with van der Waals surface area (Å²) in [6, 6.07) is 13.5. The van der Waals surface area contributed by atoms with Crippen LogP contribution in [0, 0.1) is 5.82 Å². The van der Waals surface area contributed by atoms with Gasteiger partial charge in [-0.05, 0) is 36.6 Å². The highest BCUT2D eigenvalue weighted by Crippen LogP contribution is 2.38. The number of aliphatic hydroxyl groups excluding tert-OH is 1. The summed E-state index contributed by atoms with van der Waals surface area (Å²) in [5.41, 5.74) is 0.604. The zero-order valence-corrected chi connectivity index (χ0v) is 14.4. The second kappa shape index (κ2) is 7.52. The summed E-state index contributed by atoms with van der Waals surface area (Å²) in [7, 11) is 1.61. The molecular formula is C20H24FNO3. The molecule has 5 heteroatoms. The minimum absolute atomic E-state index is 0.309. The van der Waals surface area contributed by atoms with Crippen molar-refractivity contribution in [2.24, 2.45) is 0 Å². The molecule has 1 saturated heterocycles. The lowest BCUT2D eigenvalue weighted by atomic mass is 9.83. The van der Waals surface area contributed by atoms with E-state index in [1.807, 2.05) is 24.3 Å². The summed E-state index contributed by atoms with van der Waals surface area (Å²) >= 11 is 0. The number of rotatable bonds is 5. The largest absolute Gasteiger partial charge is 0.496 e. The zero-order chi connectivity index (χ0) is 17.9. The summed E-state index contributed by atoms with van der Waals surface area (Å²) < 4.78 is 18.4. The first-order valence-corrected chi connectivity index (χ1v) is 8.53. The van der Waals surface area contributed by atoms with Crippen LogP contribution in [0.25, 0.3) is 0 Å². The molecule has 0 saturated carbocycles. The molecule has 2 aromatic carbocycles. The number of ether oxygens (including phenoxy) is 1. The third-order valence-corrected chi connectivity index (χ3v) is 4.98. The van der Waals surface area contributed by atoms with Crippen LogP contribution in [0.4, 0.5) is 4.39 Å². The van der Waals surface area contributed by atoms with Crippen LogP contribution >= 0.6 is 0 Å². The molecule has 25 heavy (non-hydrogen) atoms. The highest BCUT2D eigenvalue weighted by Gasteiger charge is 2.36. The third-order valence-electron chi connectivity index (χ3n) is 4.98. The smallest absolute Gasteiger partial charge is 0.124 e. The molecule has 3 rings (SSSR count). The fraction of sp³-hybridized carbons (Fsp3) is 0.400. The van der Waals surface area contributed by atoms with E-state index < -0.39 is 11.7 Å². The lowest BCUT2D eigenvalue weighted by molar-refractivity contribution is -0.0358. The van der Waals surface area contributed by atoms with E-state index in [0.29, 0.717) is 43.8 Å². The van der Waals surface area contributed by atoms with Crippen molar-refractivity contribution in [3.05, 3.63) is 65.5 Å². The van der Waals surface area contributed by atoms with Gasteiger partial charge in [-0.25, -0.2) is 4.39 Å². The summed E-state index contributed by atoms with van der Waals surface area (Å²) in [5, 5.41) is 21.4. The Labute approximate surface area is 147 Å². The molecule has 1 aliphatic heterocycles. The molecule has 0 radical (unpaired) electrons. The number of para-hydroxylation sites is 1. The molecule has 1 atom stereocenters. The first-order chi connectivity index (χ1) is 12.0. The van der Waals surface area contributed by atoms with Gasteiger partial charge < -0.3 is 19.8 Å². The normalized spacial score (nSPS) is 18.7. The average molecular weight is 345 g/mol. The van der Waals surface area contributed by atoms with Crippen molar-refractivity contribution >= 4 is 0 Å². The Morgan fingerprint density at radius 2 is 1.76 bits per heavy atom. The topological polar surface area (TPSA) is 52.9 Å². The number of nitrogens with zero attached hydrogens (tertiary/aromatic N) is 1. The first kappa shape index (κ1) is 17.9. The number of hydrogen-bond donors (Lipinski definition) is 2. The van der Waals surface area contributed by atoms with E-state index in [1.165, 1.54) is 12.1 Å². The summed E-state index contributed by atoms with van der Waals surface area (Å²) in [6.07, 6.45) is 0.477. The average Bonchev–Trinajstić information content (AvgIpc) is 2.64. The standard InChI is InChI=1S/C20H24FNO3/c1-25-19-5-3-2-4-17(19)20(24)10-12-22(13-11-20)14-18(23)15-6-8-16(21)9-7-15/h2-9,18,23-24H,10-14H2,1H3/t18-/m0/s1. The number of β-amino-alcohol motifs (C(OH)–C–C–N with tert-alkyl or cyclic N) is 1. The molecule has 0 amide bonds. The third kappa shape index (κ3) is 4.00. The molecule has 0 aromatic heterocycles. The molecule has 0 spiro atoms. The van der Waals surface area contributed by atoms with Crippen molar-refractivity contribution in [3.63, 3.8) is 0 Å². The van der Waals surface area contributed by atoms with Crippen LogP contribution in [-0.2, 0) is 5.60 Å². The van der Waals surface area contributed by atoms with Crippen molar-refractivity contribution in [2.45, 2.75) is 24.5 Å². The number of methoxy groups -OCH3 is 1. The number of hydrogen-bond acceptors (Lipinski definition) is 4. The monoisotopic (exact) mass is 345 g/mol. The van der Waals surface area contributed by atoms with Crippen LogP contribution in [0.5, 0.6) is 5.75 Å². The van der Waals surface area contributed by atoms with E-state index in [2.05, 4.69) is 4.90 Å². The van der Waals surface area contributed by atoms with E-state index in [9.17, 15) is 14.6 Å². The van der Waals surface area contributed by atoms with Crippen LogP contribution < -0.4 is 4.74 Å². The molecule has 1 fully saturated rings. The number of aliphatic hydroxyl groups is 2. The maximum atomic E-state index is 13.0. The second-order valence-electron chi connectivity index (χ2n) is 6.60. The highest BCUT2D eigenvalue weighted by molar-refractivity contribution is 5.38. The summed E-state index contributed by atoms with van der Waals surface area (Å²) in [4.78, 5) is 2.12. The SMILES string of the molecule is COc1ccccc1C1(O)CCN(C[C@H](O)c2ccc(F)cc2)CC1. The zero-order valence-electron chi connectivity index (χ0n) is 14.4. The minimum atomic E-state index is -0.913. The van der Waals surface area contributed by atoms with Gasteiger partial charge in [0.25, 0.3) is 0 Å². The molecule has 2 aromatic rings. The number of halogens is 1. The van der Waals surface area contributed by atoms with Crippen molar-refractivity contribution in [3.8, 4) is 5.75 Å². The Kier molecular flexibility index (Phi) is 5.37. The van der Waals surface area contributed by atoms with Gasteiger partial charge in [-0.15, -0.1) is 0 Å². The van der Waals surface area contributed by atoms with Gasteiger partial charge in [0, 0.05) is 25.2 Å². The first-order valence-electron chi connectivity index (χ1n) is 8.53. The molecule has 1 aliphatic rings. The maximum absolute atomic E-state index is 13.0. The quantitative estimate of drug-likeness (QED) is 0.875. The fourth-order valence-corrected chi connectivity index (χ4v) is 3.44. The molecule has 1 heterocycles. The Bertz CT molecular complexity index is 696. The number of benzene rings is 2. The van der Waals surface area contributed by atoms with E-state index in [0.717, 1.165) is 5.56 Å². The Balaban J connectivity index is 1.62. The van der Waals surface area contributed by atoms with Gasteiger partial charge in [-0.3, -0.25) is 0 Å². The maximum Gasteiger partial charge on any atom is 0.124 e. The van der Waals surface area contributed by atoms with Crippen LogP contribution in [0.2, 0.25) is 0 Å². The molecule has 0 unspecified atom stereocenters. The minimum Gasteiger partial charge on any atom is -0.496 e. The lowest BCUT2D eigenvalue weighted by Gasteiger charge is -2.39. The Hall–Kier alpha value is -1.95. The van der Waals surface area contributed by atoms with Gasteiger partial charge in [-0.1, -0.05) is 30.3 Å². The predicted molar refractivity (Wildman–Crippen MR) is 93.9 cm³/mol. The molecule has 2 N–H and O–H groups in total. The van der Waals surface area contributed by atoms with Crippen molar-refractivity contribution in [1.82, 2.24) is 4.90 Å². The van der Waals surface area contributed by atoms with Gasteiger partial charge in [0.1, 0.15) is 11.6 Å². The highest BCUT2D eigenvalue weighted by atomic mass is 19.1. The van der Waals surface area contributed by atoms with Crippen LogP contribution in [-0.4, -0.2) is 41.9 Å².